The first-order valence-electron chi connectivity index (χ1n) is 4.41. The van der Waals surface area contributed by atoms with Gasteiger partial charge in [-0.2, -0.15) is 0 Å². The maximum atomic E-state index is 10.9. The summed E-state index contributed by atoms with van der Waals surface area (Å²) in [4.78, 5) is 0. The fourth-order valence-electron chi connectivity index (χ4n) is 1.28. The summed E-state index contributed by atoms with van der Waals surface area (Å²) >= 11 is 0. The predicted octanol–water partition coefficient (Wildman–Crippen LogP) is 2.45. The van der Waals surface area contributed by atoms with Gasteiger partial charge in [-0.1, -0.05) is 18.2 Å². The summed E-state index contributed by atoms with van der Waals surface area (Å²) in [5.41, 5.74) is 0.755. The molecule has 78 valence electrons. The third kappa shape index (κ3) is 2.47. The third-order valence-corrected chi connectivity index (χ3v) is 2.55. The Bertz CT molecular complexity index is 573. The highest BCUT2D eigenvalue weighted by atomic mass is 32.2. The minimum atomic E-state index is -3.10. The molecule has 1 heterocycles. The molecule has 0 amide bonds. The van der Waals surface area contributed by atoms with Crippen molar-refractivity contribution in [1.82, 2.24) is 0 Å². The Morgan fingerprint density at radius 2 is 2.00 bits per heavy atom. The number of para-hydroxylation sites is 1. The topological polar surface area (TPSA) is 47.3 Å². The molecule has 0 aliphatic heterocycles. The van der Waals surface area contributed by atoms with Crippen LogP contribution < -0.4 is 0 Å². The zero-order valence-electron chi connectivity index (χ0n) is 8.17. The van der Waals surface area contributed by atoms with Gasteiger partial charge in [0.15, 0.2) is 9.84 Å². The Morgan fingerprint density at radius 3 is 2.67 bits per heavy atom. The molecular formula is C11H10O3S. The Labute approximate surface area is 87.9 Å². The summed E-state index contributed by atoms with van der Waals surface area (Å²) in [5, 5.41) is 2.09. The summed E-state index contributed by atoms with van der Waals surface area (Å²) in [6, 6.07) is 9.33. The first-order valence-corrected chi connectivity index (χ1v) is 6.37. The lowest BCUT2D eigenvalue weighted by molar-refractivity contribution is 0.602. The Kier molecular flexibility index (Phi) is 2.36. The maximum absolute atomic E-state index is 10.9. The molecule has 0 bridgehead atoms. The van der Waals surface area contributed by atoms with Crippen LogP contribution in [-0.2, 0) is 9.84 Å². The Morgan fingerprint density at radius 1 is 1.27 bits per heavy atom. The van der Waals surface area contributed by atoms with E-state index in [-0.39, 0.29) is 0 Å². The molecule has 1 aromatic heterocycles. The van der Waals surface area contributed by atoms with Crippen molar-refractivity contribution in [3.8, 4) is 0 Å². The summed E-state index contributed by atoms with van der Waals surface area (Å²) in [5.74, 6) is 0.543. The average Bonchev–Trinajstić information content (AvgIpc) is 2.56. The van der Waals surface area contributed by atoms with Gasteiger partial charge in [-0.15, -0.1) is 0 Å². The standard InChI is InChI=1S/C11H10O3S/c1-15(12,13)7-6-10-8-9-4-2-3-5-11(9)14-10/h2-8H,1H3. The molecule has 2 aromatic rings. The summed E-state index contributed by atoms with van der Waals surface area (Å²) in [6.07, 6.45) is 2.60. The van der Waals surface area contributed by atoms with E-state index in [1.807, 2.05) is 24.3 Å². The fraction of sp³-hybridized carbons (Fsp3) is 0.0909. The Hall–Kier alpha value is -1.55. The van der Waals surface area contributed by atoms with Crippen molar-refractivity contribution in [2.75, 3.05) is 6.26 Å². The van der Waals surface area contributed by atoms with E-state index in [1.165, 1.54) is 6.08 Å². The van der Waals surface area contributed by atoms with Gasteiger partial charge in [0.25, 0.3) is 0 Å². The first kappa shape index (κ1) is 9.98. The van der Waals surface area contributed by atoms with Crippen molar-refractivity contribution in [2.24, 2.45) is 0 Å². The third-order valence-electron chi connectivity index (χ3n) is 1.92. The van der Waals surface area contributed by atoms with Crippen LogP contribution in [0.4, 0.5) is 0 Å². The van der Waals surface area contributed by atoms with Crippen molar-refractivity contribution in [2.45, 2.75) is 0 Å². The highest BCUT2D eigenvalue weighted by molar-refractivity contribution is 7.93. The van der Waals surface area contributed by atoms with Gasteiger partial charge in [0.2, 0.25) is 0 Å². The lowest BCUT2D eigenvalue weighted by Crippen LogP contribution is -1.86. The van der Waals surface area contributed by atoms with Gasteiger partial charge in [-0.25, -0.2) is 8.42 Å². The van der Waals surface area contributed by atoms with Crippen LogP contribution in [0.1, 0.15) is 5.76 Å². The van der Waals surface area contributed by atoms with Gasteiger partial charge in [0.05, 0.1) is 0 Å². The van der Waals surface area contributed by atoms with Gasteiger partial charge in [0.1, 0.15) is 11.3 Å². The molecule has 1 aromatic carbocycles. The second-order valence-corrected chi connectivity index (χ2v) is 5.25. The molecule has 4 heteroatoms. The largest absolute Gasteiger partial charge is 0.457 e. The lowest BCUT2D eigenvalue weighted by Gasteiger charge is -1.84. The molecule has 0 fully saturated rings. The van der Waals surface area contributed by atoms with Crippen LogP contribution in [0.2, 0.25) is 0 Å². The van der Waals surface area contributed by atoms with Crippen LogP contribution in [0.3, 0.4) is 0 Å². The second-order valence-electron chi connectivity index (χ2n) is 3.32. The van der Waals surface area contributed by atoms with Gasteiger partial charge < -0.3 is 4.42 Å². The fourth-order valence-corrected chi connectivity index (χ4v) is 1.66. The smallest absolute Gasteiger partial charge is 0.168 e. The average molecular weight is 222 g/mol. The number of sulfone groups is 1. The van der Waals surface area contributed by atoms with Crippen LogP contribution in [0.5, 0.6) is 0 Å². The van der Waals surface area contributed by atoms with E-state index in [2.05, 4.69) is 0 Å². The van der Waals surface area contributed by atoms with Crippen LogP contribution in [0.25, 0.3) is 17.0 Å². The van der Waals surface area contributed by atoms with Crippen molar-refractivity contribution in [3.05, 3.63) is 41.5 Å². The van der Waals surface area contributed by atoms with Crippen molar-refractivity contribution in [1.29, 1.82) is 0 Å². The molecule has 0 atom stereocenters. The molecule has 0 radical (unpaired) electrons. The number of fused-ring (bicyclic) bond motifs is 1. The van der Waals surface area contributed by atoms with Gasteiger partial charge in [0, 0.05) is 17.1 Å². The van der Waals surface area contributed by atoms with Crippen LogP contribution >= 0.6 is 0 Å². The van der Waals surface area contributed by atoms with Gasteiger partial charge >= 0.3 is 0 Å². The van der Waals surface area contributed by atoms with E-state index in [9.17, 15) is 8.42 Å². The summed E-state index contributed by atoms with van der Waals surface area (Å²) < 4.78 is 27.2. The zero-order chi connectivity index (χ0) is 10.9. The highest BCUT2D eigenvalue weighted by Gasteiger charge is 2.00. The number of rotatable bonds is 2. The normalized spacial score (nSPS) is 12.6. The zero-order valence-corrected chi connectivity index (χ0v) is 8.99. The summed E-state index contributed by atoms with van der Waals surface area (Å²) in [7, 11) is -3.10. The predicted molar refractivity (Wildman–Crippen MR) is 60.1 cm³/mol. The van der Waals surface area contributed by atoms with Gasteiger partial charge in [-0.05, 0) is 18.2 Å². The van der Waals surface area contributed by atoms with Crippen LogP contribution in [0, 0.1) is 0 Å². The monoisotopic (exact) mass is 222 g/mol. The molecule has 0 saturated heterocycles. The van der Waals surface area contributed by atoms with E-state index < -0.39 is 9.84 Å². The maximum Gasteiger partial charge on any atom is 0.168 e. The molecule has 0 N–H and O–H groups in total. The van der Waals surface area contributed by atoms with Crippen molar-refractivity contribution >= 4 is 26.9 Å². The molecular weight excluding hydrogens is 212 g/mol. The highest BCUT2D eigenvalue weighted by Crippen LogP contribution is 2.19. The van der Waals surface area contributed by atoms with Crippen molar-refractivity contribution < 1.29 is 12.8 Å². The van der Waals surface area contributed by atoms with Crippen LogP contribution in [-0.4, -0.2) is 14.7 Å². The van der Waals surface area contributed by atoms with E-state index in [1.54, 1.807) is 6.07 Å². The molecule has 2 rings (SSSR count). The second kappa shape index (κ2) is 3.55. The molecule has 0 spiro atoms. The minimum absolute atomic E-state index is 0.543. The minimum Gasteiger partial charge on any atom is -0.457 e. The molecule has 3 nitrogen and oxygen atoms in total. The van der Waals surface area contributed by atoms with E-state index in [4.69, 9.17) is 4.42 Å². The van der Waals surface area contributed by atoms with E-state index in [0.717, 1.165) is 22.6 Å². The number of hydrogen-bond acceptors (Lipinski definition) is 3. The molecule has 0 unspecified atom stereocenters. The van der Waals surface area contributed by atoms with Crippen LogP contribution in [0.15, 0.2) is 40.2 Å². The molecule has 0 aliphatic carbocycles. The van der Waals surface area contributed by atoms with E-state index >= 15 is 0 Å². The van der Waals surface area contributed by atoms with Gasteiger partial charge in [-0.3, -0.25) is 0 Å². The molecule has 0 aliphatic rings. The van der Waals surface area contributed by atoms with E-state index in [0.29, 0.717) is 5.76 Å². The lowest BCUT2D eigenvalue weighted by atomic mass is 10.2. The SMILES string of the molecule is CS(=O)(=O)C=Cc1cc2ccccc2o1. The first-order chi connectivity index (χ1) is 7.04. The summed E-state index contributed by atoms with van der Waals surface area (Å²) in [6.45, 7) is 0. The number of hydrogen-bond donors (Lipinski definition) is 0. The molecule has 0 saturated carbocycles. The van der Waals surface area contributed by atoms with Crippen molar-refractivity contribution in [3.63, 3.8) is 0 Å². The Balaban J connectivity index is 2.42. The quantitative estimate of drug-likeness (QED) is 0.784. The number of furan rings is 1. The molecule has 15 heavy (non-hydrogen) atoms. The number of benzene rings is 1.